The van der Waals surface area contributed by atoms with E-state index in [9.17, 15) is 4.79 Å². The third-order valence-corrected chi connectivity index (χ3v) is 5.02. The molecule has 1 saturated carbocycles. The Kier molecular flexibility index (Phi) is 4.47. The summed E-state index contributed by atoms with van der Waals surface area (Å²) in [5.74, 6) is 1.90. The first-order valence-corrected chi connectivity index (χ1v) is 8.44. The molecular formula is C16H26N4O2. The van der Waals surface area contributed by atoms with Gasteiger partial charge < -0.3 is 15.2 Å². The fraction of sp³-hybridized carbons (Fsp3) is 0.812. The number of hydrogen-bond acceptors (Lipinski definition) is 5. The summed E-state index contributed by atoms with van der Waals surface area (Å²) >= 11 is 0. The van der Waals surface area contributed by atoms with Crippen LogP contribution in [0.3, 0.4) is 0 Å². The minimum absolute atomic E-state index is 0.154. The number of rotatable bonds is 3. The standard InChI is InChI=1S/C16H26N4O2/c1-12-18-14(19-22-12)10-13-6-5-9-20(11-13)15(21)16(17)7-3-2-4-8-16/h13H,2-11,17H2,1H3/t13-/m0/s1. The van der Waals surface area contributed by atoms with E-state index in [1.54, 1.807) is 6.92 Å². The SMILES string of the molecule is Cc1nc(C[C@@H]2CCCN(C(=O)C3(N)CCCCC3)C2)no1. The van der Waals surface area contributed by atoms with Gasteiger partial charge in [0.05, 0.1) is 5.54 Å². The molecule has 0 spiro atoms. The van der Waals surface area contributed by atoms with E-state index in [2.05, 4.69) is 10.1 Å². The summed E-state index contributed by atoms with van der Waals surface area (Å²) < 4.78 is 5.03. The summed E-state index contributed by atoms with van der Waals surface area (Å²) in [5.41, 5.74) is 5.78. The molecule has 1 aliphatic heterocycles. The maximum absolute atomic E-state index is 12.8. The van der Waals surface area contributed by atoms with Crippen LogP contribution in [0.4, 0.5) is 0 Å². The molecule has 122 valence electrons. The number of aromatic nitrogens is 2. The zero-order chi connectivity index (χ0) is 15.6. The number of carbonyl (C=O) groups excluding carboxylic acids is 1. The molecule has 22 heavy (non-hydrogen) atoms. The lowest BCUT2D eigenvalue weighted by molar-refractivity contribution is -0.140. The zero-order valence-corrected chi connectivity index (χ0v) is 13.4. The normalized spacial score (nSPS) is 25.2. The van der Waals surface area contributed by atoms with Gasteiger partial charge in [0.25, 0.3) is 0 Å². The first-order chi connectivity index (χ1) is 10.6. The molecular weight excluding hydrogens is 280 g/mol. The number of hydrogen-bond donors (Lipinski definition) is 1. The van der Waals surface area contributed by atoms with Crippen molar-refractivity contribution >= 4 is 5.91 Å². The Morgan fingerprint density at radius 1 is 1.36 bits per heavy atom. The van der Waals surface area contributed by atoms with Crippen molar-refractivity contribution in [2.45, 2.75) is 63.8 Å². The first kappa shape index (κ1) is 15.5. The highest BCUT2D eigenvalue weighted by molar-refractivity contribution is 5.86. The number of nitrogens with two attached hydrogens (primary N) is 1. The van der Waals surface area contributed by atoms with Gasteiger partial charge in [-0.3, -0.25) is 4.79 Å². The quantitative estimate of drug-likeness (QED) is 0.920. The molecule has 2 aliphatic rings. The van der Waals surface area contributed by atoms with E-state index < -0.39 is 5.54 Å². The maximum Gasteiger partial charge on any atom is 0.242 e. The molecule has 2 N–H and O–H groups in total. The van der Waals surface area contributed by atoms with Crippen molar-refractivity contribution in [2.24, 2.45) is 11.7 Å². The molecule has 1 atom stereocenters. The molecule has 0 unspecified atom stereocenters. The van der Waals surface area contributed by atoms with E-state index in [0.717, 1.165) is 63.9 Å². The van der Waals surface area contributed by atoms with Gasteiger partial charge in [-0.15, -0.1) is 0 Å². The van der Waals surface area contributed by atoms with Crippen LogP contribution in [0.5, 0.6) is 0 Å². The predicted molar refractivity (Wildman–Crippen MR) is 82.0 cm³/mol. The molecule has 1 aromatic rings. The summed E-state index contributed by atoms with van der Waals surface area (Å²) in [5, 5.41) is 3.97. The highest BCUT2D eigenvalue weighted by atomic mass is 16.5. The molecule has 0 radical (unpaired) electrons. The Bertz CT molecular complexity index is 522. The number of nitrogens with zero attached hydrogens (tertiary/aromatic N) is 3. The summed E-state index contributed by atoms with van der Waals surface area (Å²) in [6, 6.07) is 0. The molecule has 6 nitrogen and oxygen atoms in total. The van der Waals surface area contributed by atoms with Crippen molar-refractivity contribution in [2.75, 3.05) is 13.1 Å². The van der Waals surface area contributed by atoms with Gasteiger partial charge in [0.15, 0.2) is 5.82 Å². The van der Waals surface area contributed by atoms with Gasteiger partial charge in [0, 0.05) is 26.4 Å². The third kappa shape index (κ3) is 3.32. The van der Waals surface area contributed by atoms with E-state index in [1.807, 2.05) is 4.90 Å². The molecule has 2 heterocycles. The zero-order valence-electron chi connectivity index (χ0n) is 13.4. The van der Waals surface area contributed by atoms with Gasteiger partial charge in [0.1, 0.15) is 0 Å². The first-order valence-electron chi connectivity index (χ1n) is 8.44. The van der Waals surface area contributed by atoms with E-state index >= 15 is 0 Å². The van der Waals surface area contributed by atoms with Crippen LogP contribution in [0.25, 0.3) is 0 Å². The van der Waals surface area contributed by atoms with Crippen LogP contribution in [0, 0.1) is 12.8 Å². The summed E-state index contributed by atoms with van der Waals surface area (Å²) in [6.07, 6.45) is 7.92. The molecule has 2 fully saturated rings. The van der Waals surface area contributed by atoms with E-state index in [1.165, 1.54) is 6.42 Å². The van der Waals surface area contributed by atoms with Crippen molar-refractivity contribution in [3.63, 3.8) is 0 Å². The molecule has 0 bridgehead atoms. The van der Waals surface area contributed by atoms with Gasteiger partial charge in [-0.05, 0) is 31.6 Å². The predicted octanol–water partition coefficient (Wildman–Crippen LogP) is 1.82. The number of likely N-dealkylation sites (tertiary alicyclic amines) is 1. The Balaban J connectivity index is 1.61. The summed E-state index contributed by atoms with van der Waals surface area (Å²) in [7, 11) is 0. The van der Waals surface area contributed by atoms with Crippen molar-refractivity contribution in [3.8, 4) is 0 Å². The minimum Gasteiger partial charge on any atom is -0.341 e. The lowest BCUT2D eigenvalue weighted by Crippen LogP contribution is -2.58. The molecule has 1 aliphatic carbocycles. The fourth-order valence-electron chi connectivity index (χ4n) is 3.81. The lowest BCUT2D eigenvalue weighted by Gasteiger charge is -2.40. The number of carbonyl (C=O) groups is 1. The van der Waals surface area contributed by atoms with Crippen molar-refractivity contribution < 1.29 is 9.32 Å². The van der Waals surface area contributed by atoms with E-state index in [0.29, 0.717) is 11.8 Å². The van der Waals surface area contributed by atoms with Crippen LogP contribution in [0.2, 0.25) is 0 Å². The van der Waals surface area contributed by atoms with Crippen LogP contribution in [0.1, 0.15) is 56.7 Å². The smallest absolute Gasteiger partial charge is 0.242 e. The number of piperidine rings is 1. The number of aryl methyl sites for hydroxylation is 1. The molecule has 3 rings (SSSR count). The monoisotopic (exact) mass is 306 g/mol. The van der Waals surface area contributed by atoms with Crippen LogP contribution >= 0.6 is 0 Å². The van der Waals surface area contributed by atoms with E-state index in [-0.39, 0.29) is 5.91 Å². The minimum atomic E-state index is -0.622. The maximum atomic E-state index is 12.8. The second-order valence-electron chi connectivity index (χ2n) is 6.91. The molecule has 1 amide bonds. The fourth-order valence-corrected chi connectivity index (χ4v) is 3.81. The average Bonchev–Trinajstić information content (AvgIpc) is 2.92. The number of amides is 1. The lowest BCUT2D eigenvalue weighted by atomic mass is 9.80. The van der Waals surface area contributed by atoms with Gasteiger partial charge in [0.2, 0.25) is 11.8 Å². The van der Waals surface area contributed by atoms with Crippen molar-refractivity contribution in [1.29, 1.82) is 0 Å². The van der Waals surface area contributed by atoms with Crippen LogP contribution in [-0.2, 0) is 11.2 Å². The van der Waals surface area contributed by atoms with Gasteiger partial charge in [-0.2, -0.15) is 4.98 Å². The highest BCUT2D eigenvalue weighted by Crippen LogP contribution is 2.30. The molecule has 6 heteroatoms. The summed E-state index contributed by atoms with van der Waals surface area (Å²) in [6.45, 7) is 3.40. The van der Waals surface area contributed by atoms with Gasteiger partial charge in [-0.1, -0.05) is 24.4 Å². The second kappa shape index (κ2) is 6.36. The van der Waals surface area contributed by atoms with E-state index in [4.69, 9.17) is 10.3 Å². The second-order valence-corrected chi connectivity index (χ2v) is 6.91. The third-order valence-electron chi connectivity index (χ3n) is 5.02. The Morgan fingerprint density at radius 3 is 2.82 bits per heavy atom. The topological polar surface area (TPSA) is 85.2 Å². The molecule has 1 saturated heterocycles. The molecule has 0 aromatic carbocycles. The van der Waals surface area contributed by atoms with Crippen LogP contribution < -0.4 is 5.73 Å². The molecule has 1 aromatic heterocycles. The largest absolute Gasteiger partial charge is 0.341 e. The Hall–Kier alpha value is -1.43. The van der Waals surface area contributed by atoms with Crippen molar-refractivity contribution in [1.82, 2.24) is 15.0 Å². The Labute approximate surface area is 131 Å². The van der Waals surface area contributed by atoms with Gasteiger partial charge >= 0.3 is 0 Å². The van der Waals surface area contributed by atoms with Gasteiger partial charge in [-0.25, -0.2) is 0 Å². The van der Waals surface area contributed by atoms with Crippen LogP contribution in [-0.4, -0.2) is 39.6 Å². The highest BCUT2D eigenvalue weighted by Gasteiger charge is 2.39. The van der Waals surface area contributed by atoms with Crippen LogP contribution in [0.15, 0.2) is 4.52 Å². The Morgan fingerprint density at radius 2 is 2.14 bits per heavy atom. The summed E-state index contributed by atoms with van der Waals surface area (Å²) in [4.78, 5) is 19.1. The average molecular weight is 306 g/mol. The van der Waals surface area contributed by atoms with Crippen molar-refractivity contribution in [3.05, 3.63) is 11.7 Å².